The number of hydrogen-bond donors (Lipinski definition) is 1. The van der Waals surface area contributed by atoms with Crippen LogP contribution in [-0.4, -0.2) is 40.3 Å². The molecule has 1 N–H and O–H groups in total. The average molecular weight is 264 g/mol. The van der Waals surface area contributed by atoms with Gasteiger partial charge in [-0.1, -0.05) is 5.16 Å². The van der Waals surface area contributed by atoms with Crippen LogP contribution in [0.25, 0.3) is 11.5 Å². The Bertz CT molecular complexity index is 531. The molecule has 0 aliphatic rings. The van der Waals surface area contributed by atoms with Crippen molar-refractivity contribution in [3.05, 3.63) is 30.2 Å². The largest absolute Gasteiger partial charge is 0.461 e. The van der Waals surface area contributed by atoms with E-state index in [1.165, 1.54) is 17.2 Å². The molecule has 0 bridgehead atoms. The highest BCUT2D eigenvalue weighted by molar-refractivity contribution is 5.93. The Kier molecular flexibility index (Phi) is 4.01. The highest BCUT2D eigenvalue weighted by Crippen LogP contribution is 2.21. The lowest BCUT2D eigenvalue weighted by atomic mass is 10.2. The maximum atomic E-state index is 12.2. The summed E-state index contributed by atoms with van der Waals surface area (Å²) >= 11 is 0. The lowest BCUT2D eigenvalue weighted by Gasteiger charge is -2.24. The van der Waals surface area contributed by atoms with E-state index >= 15 is 0 Å². The van der Waals surface area contributed by atoms with Gasteiger partial charge in [0.1, 0.15) is 0 Å². The lowest BCUT2D eigenvalue weighted by molar-refractivity contribution is 0.0655. The smallest absolute Gasteiger partial charge is 0.276 e. The van der Waals surface area contributed by atoms with Crippen molar-refractivity contribution in [2.24, 2.45) is 0 Å². The highest BCUT2D eigenvalue weighted by Gasteiger charge is 2.22. The first-order chi connectivity index (χ1) is 9.13. The molecule has 0 spiro atoms. The van der Waals surface area contributed by atoms with Crippen molar-refractivity contribution in [3.63, 3.8) is 0 Å². The normalized spacial score (nSPS) is 10.9. The van der Waals surface area contributed by atoms with E-state index in [2.05, 4.69) is 5.16 Å². The molecule has 1 amide bonds. The molecule has 0 saturated carbocycles. The van der Waals surface area contributed by atoms with Crippen LogP contribution in [0.2, 0.25) is 0 Å². The summed E-state index contributed by atoms with van der Waals surface area (Å²) in [5.41, 5.74) is 0.202. The molecule has 19 heavy (non-hydrogen) atoms. The second kappa shape index (κ2) is 5.71. The minimum Gasteiger partial charge on any atom is -0.461 e. The van der Waals surface area contributed by atoms with E-state index in [1.54, 1.807) is 12.1 Å². The summed E-state index contributed by atoms with van der Waals surface area (Å²) in [6, 6.07) is 4.96. The second-order valence-electron chi connectivity index (χ2n) is 4.37. The van der Waals surface area contributed by atoms with Crippen LogP contribution in [0.15, 0.2) is 33.4 Å². The van der Waals surface area contributed by atoms with Gasteiger partial charge < -0.3 is 18.9 Å². The summed E-state index contributed by atoms with van der Waals surface area (Å²) in [6.45, 7) is 3.93. The topological polar surface area (TPSA) is 79.7 Å². The summed E-state index contributed by atoms with van der Waals surface area (Å²) in [4.78, 5) is 13.8. The van der Waals surface area contributed by atoms with Crippen LogP contribution in [0.4, 0.5) is 0 Å². The maximum absolute atomic E-state index is 12.2. The minimum absolute atomic E-state index is 0.0246. The molecule has 0 aliphatic carbocycles. The summed E-state index contributed by atoms with van der Waals surface area (Å²) < 4.78 is 10.3. The molecule has 2 heterocycles. The third-order valence-electron chi connectivity index (χ3n) is 2.72. The number of aliphatic hydroxyl groups excluding tert-OH is 1. The second-order valence-corrected chi connectivity index (χ2v) is 4.37. The van der Waals surface area contributed by atoms with E-state index in [-0.39, 0.29) is 30.8 Å². The van der Waals surface area contributed by atoms with Gasteiger partial charge in [-0.25, -0.2) is 0 Å². The first-order valence-electron chi connectivity index (χ1n) is 6.06. The van der Waals surface area contributed by atoms with Crippen molar-refractivity contribution in [1.29, 1.82) is 0 Å². The molecule has 0 unspecified atom stereocenters. The zero-order valence-corrected chi connectivity index (χ0v) is 10.9. The van der Waals surface area contributed by atoms with Crippen molar-refractivity contribution >= 4 is 5.91 Å². The summed E-state index contributed by atoms with van der Waals surface area (Å²) in [5.74, 6) is 0.650. The van der Waals surface area contributed by atoms with E-state index in [4.69, 9.17) is 14.0 Å². The van der Waals surface area contributed by atoms with E-state index < -0.39 is 0 Å². The van der Waals surface area contributed by atoms with Crippen molar-refractivity contribution in [2.75, 3.05) is 13.2 Å². The Balaban J connectivity index is 2.20. The van der Waals surface area contributed by atoms with Gasteiger partial charge in [0.2, 0.25) is 5.76 Å². The fourth-order valence-electron chi connectivity index (χ4n) is 1.76. The van der Waals surface area contributed by atoms with Crippen LogP contribution in [0.3, 0.4) is 0 Å². The number of furan rings is 1. The summed E-state index contributed by atoms with van der Waals surface area (Å²) in [6.07, 6.45) is 1.52. The van der Waals surface area contributed by atoms with Crippen LogP contribution < -0.4 is 0 Å². The molecule has 0 aromatic carbocycles. The SMILES string of the molecule is CC(C)N(CCO)C(=O)c1cc(-c2ccco2)on1. The third kappa shape index (κ3) is 2.85. The van der Waals surface area contributed by atoms with Gasteiger partial charge in [0.25, 0.3) is 5.91 Å². The number of aliphatic hydroxyl groups is 1. The monoisotopic (exact) mass is 264 g/mol. The van der Waals surface area contributed by atoms with E-state index in [9.17, 15) is 4.79 Å². The molecule has 0 saturated heterocycles. The molecule has 2 rings (SSSR count). The van der Waals surface area contributed by atoms with Gasteiger partial charge in [0.05, 0.1) is 12.9 Å². The van der Waals surface area contributed by atoms with Gasteiger partial charge >= 0.3 is 0 Å². The fourth-order valence-corrected chi connectivity index (χ4v) is 1.76. The van der Waals surface area contributed by atoms with Crippen molar-refractivity contribution < 1.29 is 18.8 Å². The molecule has 0 atom stereocenters. The summed E-state index contributed by atoms with van der Waals surface area (Å²) in [5, 5.41) is 12.7. The van der Waals surface area contributed by atoms with Crippen LogP contribution in [0.5, 0.6) is 0 Å². The predicted molar refractivity (Wildman–Crippen MR) is 67.5 cm³/mol. The molecule has 6 heteroatoms. The molecule has 2 aromatic heterocycles. The molecule has 2 aromatic rings. The molecule has 0 aliphatic heterocycles. The van der Waals surface area contributed by atoms with E-state index in [0.29, 0.717) is 11.5 Å². The Labute approximate surface area is 110 Å². The van der Waals surface area contributed by atoms with Gasteiger partial charge in [-0.3, -0.25) is 4.79 Å². The number of hydrogen-bond acceptors (Lipinski definition) is 5. The van der Waals surface area contributed by atoms with Crippen LogP contribution in [-0.2, 0) is 0 Å². The first-order valence-corrected chi connectivity index (χ1v) is 6.06. The van der Waals surface area contributed by atoms with Gasteiger partial charge in [0.15, 0.2) is 11.5 Å². The first kappa shape index (κ1) is 13.4. The molecular formula is C13H16N2O4. The zero-order chi connectivity index (χ0) is 13.8. The number of rotatable bonds is 5. The minimum atomic E-state index is -0.273. The molecular weight excluding hydrogens is 248 g/mol. The third-order valence-corrected chi connectivity index (χ3v) is 2.72. The van der Waals surface area contributed by atoms with Gasteiger partial charge in [-0.2, -0.15) is 0 Å². The van der Waals surface area contributed by atoms with E-state index in [0.717, 1.165) is 0 Å². The van der Waals surface area contributed by atoms with E-state index in [1.807, 2.05) is 13.8 Å². The predicted octanol–water partition coefficient (Wildman–Crippen LogP) is 1.78. The number of aromatic nitrogens is 1. The van der Waals surface area contributed by atoms with Crippen molar-refractivity contribution in [1.82, 2.24) is 10.1 Å². The quantitative estimate of drug-likeness (QED) is 0.890. The van der Waals surface area contributed by atoms with Crippen molar-refractivity contribution in [2.45, 2.75) is 19.9 Å². The number of carbonyl (C=O) groups excluding carboxylic acids is 1. The van der Waals surface area contributed by atoms with Gasteiger partial charge in [0, 0.05) is 18.7 Å². The van der Waals surface area contributed by atoms with Crippen LogP contribution in [0.1, 0.15) is 24.3 Å². The summed E-state index contributed by atoms with van der Waals surface area (Å²) in [7, 11) is 0. The Hall–Kier alpha value is -2.08. The maximum Gasteiger partial charge on any atom is 0.276 e. The number of amides is 1. The van der Waals surface area contributed by atoms with Gasteiger partial charge in [-0.05, 0) is 26.0 Å². The van der Waals surface area contributed by atoms with Crippen LogP contribution in [0, 0.1) is 0 Å². The highest BCUT2D eigenvalue weighted by atomic mass is 16.5. The van der Waals surface area contributed by atoms with Crippen molar-refractivity contribution in [3.8, 4) is 11.5 Å². The Morgan fingerprint density at radius 3 is 2.84 bits per heavy atom. The number of nitrogens with zero attached hydrogens (tertiary/aromatic N) is 2. The Morgan fingerprint density at radius 2 is 2.26 bits per heavy atom. The molecule has 0 radical (unpaired) electrons. The standard InChI is InChI=1S/C13H16N2O4/c1-9(2)15(5-6-16)13(17)10-8-12(19-14-10)11-4-3-7-18-11/h3-4,7-9,16H,5-6H2,1-2H3. The Morgan fingerprint density at radius 1 is 1.47 bits per heavy atom. The average Bonchev–Trinajstić information content (AvgIpc) is 3.03. The van der Waals surface area contributed by atoms with Crippen LogP contribution >= 0.6 is 0 Å². The number of carbonyl (C=O) groups is 1. The molecule has 102 valence electrons. The molecule has 6 nitrogen and oxygen atoms in total. The lowest BCUT2D eigenvalue weighted by Crippen LogP contribution is -2.39. The fraction of sp³-hybridized carbons (Fsp3) is 0.385. The molecule has 0 fully saturated rings. The van der Waals surface area contributed by atoms with Gasteiger partial charge in [-0.15, -0.1) is 0 Å². The zero-order valence-electron chi connectivity index (χ0n) is 10.9.